The van der Waals surface area contributed by atoms with Crippen molar-refractivity contribution in [2.45, 2.75) is 19.8 Å². The Morgan fingerprint density at radius 3 is 2.73 bits per heavy atom. The second kappa shape index (κ2) is 7.58. The van der Waals surface area contributed by atoms with Crippen LogP contribution in [0.4, 0.5) is 5.82 Å². The van der Waals surface area contributed by atoms with Gasteiger partial charge in [-0.3, -0.25) is 0 Å². The molecular weight excluding hydrogens is 342 g/mol. The van der Waals surface area contributed by atoms with E-state index < -0.39 is 0 Å². The van der Waals surface area contributed by atoms with Gasteiger partial charge >= 0.3 is 0 Å². The first-order valence-corrected chi connectivity index (χ1v) is 9.45. The summed E-state index contributed by atoms with van der Waals surface area (Å²) in [7, 11) is 0. The lowest BCUT2D eigenvalue weighted by Gasteiger charge is -2.08. The SMILES string of the molecule is Cc1cc2c(NCCCc3ccccc3)nc(-c3cccnn3)nc2s1. The summed E-state index contributed by atoms with van der Waals surface area (Å²) in [5.74, 6) is 1.48. The van der Waals surface area contributed by atoms with E-state index in [4.69, 9.17) is 4.98 Å². The van der Waals surface area contributed by atoms with Gasteiger partial charge in [-0.2, -0.15) is 5.10 Å². The van der Waals surface area contributed by atoms with Crippen molar-refractivity contribution in [3.05, 3.63) is 65.2 Å². The van der Waals surface area contributed by atoms with Gasteiger partial charge in [-0.15, -0.1) is 16.4 Å². The molecule has 0 aliphatic heterocycles. The van der Waals surface area contributed by atoms with Gasteiger partial charge in [0.1, 0.15) is 16.3 Å². The van der Waals surface area contributed by atoms with Crippen molar-refractivity contribution in [2.24, 2.45) is 0 Å². The predicted molar refractivity (Wildman–Crippen MR) is 106 cm³/mol. The van der Waals surface area contributed by atoms with E-state index >= 15 is 0 Å². The molecule has 0 spiro atoms. The third-order valence-corrected chi connectivity index (χ3v) is 5.04. The summed E-state index contributed by atoms with van der Waals surface area (Å²) in [5.41, 5.74) is 2.04. The van der Waals surface area contributed by atoms with E-state index in [9.17, 15) is 0 Å². The molecule has 0 saturated heterocycles. The zero-order valence-electron chi connectivity index (χ0n) is 14.5. The third kappa shape index (κ3) is 3.70. The van der Waals surface area contributed by atoms with E-state index in [1.807, 2.05) is 18.2 Å². The first-order chi connectivity index (χ1) is 12.8. The van der Waals surface area contributed by atoms with Crippen LogP contribution in [0.3, 0.4) is 0 Å². The zero-order valence-corrected chi connectivity index (χ0v) is 15.3. The molecule has 1 aromatic carbocycles. The van der Waals surface area contributed by atoms with Crippen LogP contribution in [-0.2, 0) is 6.42 Å². The fourth-order valence-corrected chi connectivity index (χ4v) is 3.74. The Hall–Kier alpha value is -2.86. The number of fused-ring (bicyclic) bond motifs is 1. The topological polar surface area (TPSA) is 63.6 Å². The van der Waals surface area contributed by atoms with Crippen LogP contribution in [0, 0.1) is 6.92 Å². The molecule has 5 nitrogen and oxygen atoms in total. The third-order valence-electron chi connectivity index (χ3n) is 4.09. The van der Waals surface area contributed by atoms with Crippen LogP contribution in [0.25, 0.3) is 21.7 Å². The summed E-state index contributed by atoms with van der Waals surface area (Å²) in [6.07, 6.45) is 3.74. The number of hydrogen-bond acceptors (Lipinski definition) is 6. The molecule has 0 aliphatic carbocycles. The number of nitrogens with one attached hydrogen (secondary N) is 1. The Labute approximate surface area is 156 Å². The highest BCUT2D eigenvalue weighted by Gasteiger charge is 2.12. The fraction of sp³-hybridized carbons (Fsp3) is 0.200. The number of benzene rings is 1. The number of anilines is 1. The lowest BCUT2D eigenvalue weighted by atomic mass is 10.1. The van der Waals surface area contributed by atoms with Crippen LogP contribution in [0.5, 0.6) is 0 Å². The summed E-state index contributed by atoms with van der Waals surface area (Å²) < 4.78 is 0. The maximum Gasteiger partial charge on any atom is 0.183 e. The molecule has 0 fully saturated rings. The Balaban J connectivity index is 1.55. The molecule has 0 atom stereocenters. The molecule has 0 unspecified atom stereocenters. The molecule has 0 aliphatic rings. The molecule has 0 bridgehead atoms. The molecule has 1 N–H and O–H groups in total. The number of aromatic nitrogens is 4. The van der Waals surface area contributed by atoms with Gasteiger partial charge in [0.05, 0.1) is 5.39 Å². The Morgan fingerprint density at radius 2 is 1.92 bits per heavy atom. The molecule has 4 aromatic rings. The van der Waals surface area contributed by atoms with Gasteiger partial charge in [-0.05, 0) is 43.5 Å². The quantitative estimate of drug-likeness (QED) is 0.512. The van der Waals surface area contributed by atoms with Gasteiger partial charge in [0.15, 0.2) is 5.82 Å². The lowest BCUT2D eigenvalue weighted by Crippen LogP contribution is -2.06. The average Bonchev–Trinajstić information content (AvgIpc) is 3.07. The van der Waals surface area contributed by atoms with E-state index in [0.29, 0.717) is 11.5 Å². The molecule has 0 radical (unpaired) electrons. The predicted octanol–water partition coefficient (Wildman–Crippen LogP) is 4.50. The summed E-state index contributed by atoms with van der Waals surface area (Å²) >= 11 is 1.67. The smallest absolute Gasteiger partial charge is 0.183 e. The van der Waals surface area contributed by atoms with Gasteiger partial charge in [0.2, 0.25) is 0 Å². The number of nitrogens with zero attached hydrogens (tertiary/aromatic N) is 4. The average molecular weight is 361 g/mol. The molecule has 4 rings (SSSR count). The van der Waals surface area contributed by atoms with Crippen molar-refractivity contribution in [1.82, 2.24) is 20.2 Å². The van der Waals surface area contributed by atoms with Crippen LogP contribution in [0.2, 0.25) is 0 Å². The highest BCUT2D eigenvalue weighted by atomic mass is 32.1. The maximum atomic E-state index is 4.71. The Bertz CT molecular complexity index is 999. The van der Waals surface area contributed by atoms with Crippen LogP contribution in [0.1, 0.15) is 16.9 Å². The van der Waals surface area contributed by atoms with Gasteiger partial charge in [0.25, 0.3) is 0 Å². The molecule has 26 heavy (non-hydrogen) atoms. The van der Waals surface area contributed by atoms with E-state index in [1.165, 1.54) is 10.4 Å². The van der Waals surface area contributed by atoms with Gasteiger partial charge < -0.3 is 5.32 Å². The summed E-state index contributed by atoms with van der Waals surface area (Å²) in [4.78, 5) is 11.6. The molecular formula is C20H19N5S. The van der Waals surface area contributed by atoms with E-state index in [2.05, 4.69) is 57.8 Å². The summed E-state index contributed by atoms with van der Waals surface area (Å²) in [6, 6.07) is 16.4. The normalized spacial score (nSPS) is 11.0. The van der Waals surface area contributed by atoms with Crippen LogP contribution in [0.15, 0.2) is 54.7 Å². The molecule has 0 saturated carbocycles. The van der Waals surface area contributed by atoms with Crippen molar-refractivity contribution in [3.8, 4) is 11.5 Å². The molecule has 3 heterocycles. The molecule has 3 aromatic heterocycles. The highest BCUT2D eigenvalue weighted by molar-refractivity contribution is 7.18. The second-order valence-electron chi connectivity index (χ2n) is 6.10. The van der Waals surface area contributed by atoms with Crippen molar-refractivity contribution < 1.29 is 0 Å². The van der Waals surface area contributed by atoms with E-state index in [1.54, 1.807) is 17.5 Å². The minimum atomic E-state index is 0.609. The fourth-order valence-electron chi connectivity index (χ4n) is 2.86. The largest absolute Gasteiger partial charge is 0.369 e. The lowest BCUT2D eigenvalue weighted by molar-refractivity contribution is 0.859. The first kappa shape index (κ1) is 16.6. The summed E-state index contributed by atoms with van der Waals surface area (Å²) in [6.45, 7) is 2.95. The summed E-state index contributed by atoms with van der Waals surface area (Å²) in [5, 5.41) is 12.6. The first-order valence-electron chi connectivity index (χ1n) is 8.63. The van der Waals surface area contributed by atoms with Gasteiger partial charge in [0, 0.05) is 17.6 Å². The van der Waals surface area contributed by atoms with Gasteiger partial charge in [-0.1, -0.05) is 30.3 Å². The number of rotatable bonds is 6. The number of hydrogen-bond donors (Lipinski definition) is 1. The minimum Gasteiger partial charge on any atom is -0.369 e. The number of aryl methyl sites for hydroxylation is 2. The monoisotopic (exact) mass is 361 g/mol. The van der Waals surface area contributed by atoms with Crippen LogP contribution < -0.4 is 5.32 Å². The van der Waals surface area contributed by atoms with Crippen molar-refractivity contribution >= 4 is 27.4 Å². The van der Waals surface area contributed by atoms with Crippen molar-refractivity contribution in [1.29, 1.82) is 0 Å². The Kier molecular flexibility index (Phi) is 4.84. The molecule has 130 valence electrons. The Morgan fingerprint density at radius 1 is 1.04 bits per heavy atom. The number of thiophene rings is 1. The standard InChI is InChI=1S/C20H19N5S/c1-14-13-16-18(21-11-5-9-15-7-3-2-4-8-15)23-19(24-20(16)26-14)17-10-6-12-22-25-17/h2-4,6-8,10,12-13H,5,9,11H2,1H3,(H,21,23,24). The van der Waals surface area contributed by atoms with Crippen LogP contribution in [-0.4, -0.2) is 26.7 Å². The maximum absolute atomic E-state index is 4.71. The van der Waals surface area contributed by atoms with Crippen molar-refractivity contribution in [3.63, 3.8) is 0 Å². The van der Waals surface area contributed by atoms with Crippen molar-refractivity contribution in [2.75, 3.05) is 11.9 Å². The van der Waals surface area contributed by atoms with E-state index in [0.717, 1.165) is 35.4 Å². The van der Waals surface area contributed by atoms with E-state index in [-0.39, 0.29) is 0 Å². The minimum absolute atomic E-state index is 0.609. The van der Waals surface area contributed by atoms with Gasteiger partial charge in [-0.25, -0.2) is 9.97 Å². The zero-order chi connectivity index (χ0) is 17.8. The molecule has 0 amide bonds. The second-order valence-corrected chi connectivity index (χ2v) is 7.33. The highest BCUT2D eigenvalue weighted by Crippen LogP contribution is 2.30. The van der Waals surface area contributed by atoms with Crippen LogP contribution >= 0.6 is 11.3 Å². The molecule has 6 heteroatoms.